The van der Waals surface area contributed by atoms with E-state index in [1.165, 1.54) is 6.07 Å². The van der Waals surface area contributed by atoms with Gasteiger partial charge in [0, 0.05) is 32.2 Å². The van der Waals surface area contributed by atoms with Crippen LogP contribution in [0.4, 0.5) is 0 Å². The van der Waals surface area contributed by atoms with Crippen LogP contribution in [-0.4, -0.2) is 62.4 Å². The first-order valence-electron chi connectivity index (χ1n) is 10.7. The number of hydrogen-bond acceptors (Lipinski definition) is 5. The standard InChI is InChI=1S/C21H30N2O5S/c1-16-8-12-23(13-9-16)29(25,26)17-6-7-18-19(14-17)27-15-20(28-18)21(24)22-10-4-2-3-5-11-22/h6-7,14,16,20H,2-5,8-13,15H2,1H3/t20-/m0/s1. The molecular weight excluding hydrogens is 392 g/mol. The Bertz CT molecular complexity index is 841. The van der Waals surface area contributed by atoms with E-state index in [-0.39, 0.29) is 17.4 Å². The summed E-state index contributed by atoms with van der Waals surface area (Å²) in [5.41, 5.74) is 0. The highest BCUT2D eigenvalue weighted by molar-refractivity contribution is 7.89. The molecule has 4 rings (SSSR count). The quantitative estimate of drug-likeness (QED) is 0.749. The number of likely N-dealkylation sites (tertiary alicyclic amines) is 1. The second-order valence-corrected chi connectivity index (χ2v) is 10.3. The van der Waals surface area contributed by atoms with Gasteiger partial charge in [0.1, 0.15) is 6.61 Å². The fourth-order valence-corrected chi connectivity index (χ4v) is 5.69. The number of nitrogens with zero attached hydrogens (tertiary/aromatic N) is 2. The smallest absolute Gasteiger partial charge is 0.267 e. The van der Waals surface area contributed by atoms with Crippen molar-refractivity contribution >= 4 is 15.9 Å². The van der Waals surface area contributed by atoms with Crippen LogP contribution in [0.3, 0.4) is 0 Å². The molecule has 0 spiro atoms. The molecule has 2 saturated heterocycles. The Hall–Kier alpha value is -1.80. The van der Waals surface area contributed by atoms with Gasteiger partial charge in [-0.25, -0.2) is 8.42 Å². The molecule has 0 saturated carbocycles. The first-order chi connectivity index (χ1) is 13.9. The third-order valence-electron chi connectivity index (χ3n) is 6.15. The van der Waals surface area contributed by atoms with Gasteiger partial charge < -0.3 is 14.4 Å². The largest absolute Gasteiger partial charge is 0.485 e. The lowest BCUT2D eigenvalue weighted by molar-refractivity contribution is -0.141. The summed E-state index contributed by atoms with van der Waals surface area (Å²) in [6.45, 7) is 4.87. The monoisotopic (exact) mass is 422 g/mol. The Morgan fingerprint density at radius 1 is 1.00 bits per heavy atom. The van der Waals surface area contributed by atoms with Crippen LogP contribution in [0.5, 0.6) is 11.5 Å². The van der Waals surface area contributed by atoms with Crippen molar-refractivity contribution in [2.45, 2.75) is 56.4 Å². The topological polar surface area (TPSA) is 76.2 Å². The number of sulfonamides is 1. The summed E-state index contributed by atoms with van der Waals surface area (Å²) in [5.74, 6) is 1.32. The molecule has 0 N–H and O–H groups in total. The van der Waals surface area contributed by atoms with Gasteiger partial charge in [0.25, 0.3) is 5.91 Å². The highest BCUT2D eigenvalue weighted by Crippen LogP contribution is 2.35. The number of benzene rings is 1. The molecule has 3 heterocycles. The number of hydrogen-bond donors (Lipinski definition) is 0. The molecule has 0 bridgehead atoms. The molecular formula is C21H30N2O5S. The van der Waals surface area contributed by atoms with E-state index in [1.54, 1.807) is 16.4 Å². The zero-order valence-electron chi connectivity index (χ0n) is 17.0. The molecule has 0 radical (unpaired) electrons. The zero-order valence-corrected chi connectivity index (χ0v) is 17.8. The van der Waals surface area contributed by atoms with Crippen LogP contribution in [-0.2, 0) is 14.8 Å². The van der Waals surface area contributed by atoms with Crippen LogP contribution in [0.1, 0.15) is 45.4 Å². The lowest BCUT2D eigenvalue weighted by atomic mass is 10.0. The molecule has 2 fully saturated rings. The lowest BCUT2D eigenvalue weighted by Gasteiger charge is -2.31. The van der Waals surface area contributed by atoms with E-state index in [1.807, 2.05) is 4.90 Å². The number of carbonyl (C=O) groups is 1. The van der Waals surface area contributed by atoms with E-state index in [0.29, 0.717) is 30.5 Å². The van der Waals surface area contributed by atoms with E-state index >= 15 is 0 Å². The number of piperidine rings is 1. The van der Waals surface area contributed by atoms with Gasteiger partial charge in [0.05, 0.1) is 4.90 Å². The van der Waals surface area contributed by atoms with Crippen LogP contribution >= 0.6 is 0 Å². The van der Waals surface area contributed by atoms with Gasteiger partial charge >= 0.3 is 0 Å². The molecule has 7 nitrogen and oxygen atoms in total. The number of fused-ring (bicyclic) bond motifs is 1. The SMILES string of the molecule is CC1CCN(S(=O)(=O)c2ccc3c(c2)OC[C@@H](C(=O)N2CCCCCC2)O3)CC1. The van der Waals surface area contributed by atoms with E-state index in [9.17, 15) is 13.2 Å². The minimum atomic E-state index is -3.55. The Balaban J connectivity index is 1.46. The minimum absolute atomic E-state index is 0.0447. The molecule has 1 aromatic carbocycles. The highest BCUT2D eigenvalue weighted by atomic mass is 32.2. The molecule has 1 aromatic rings. The first kappa shape index (κ1) is 20.5. The predicted octanol–water partition coefficient (Wildman–Crippen LogP) is 2.65. The molecule has 0 aromatic heterocycles. The average Bonchev–Trinajstić information content (AvgIpc) is 3.02. The maximum atomic E-state index is 13.0. The number of carbonyl (C=O) groups excluding carboxylic acids is 1. The van der Waals surface area contributed by atoms with Crippen molar-refractivity contribution in [1.82, 2.24) is 9.21 Å². The number of ether oxygens (including phenoxy) is 2. The summed E-state index contributed by atoms with van der Waals surface area (Å²) < 4.78 is 39.1. The Kier molecular flexibility index (Phi) is 6.01. The van der Waals surface area contributed by atoms with Crippen LogP contribution in [0, 0.1) is 5.92 Å². The molecule has 1 amide bonds. The van der Waals surface area contributed by atoms with Crippen molar-refractivity contribution in [2.24, 2.45) is 5.92 Å². The summed E-state index contributed by atoms with van der Waals surface area (Å²) in [6.07, 6.45) is 5.43. The Morgan fingerprint density at radius 2 is 1.69 bits per heavy atom. The molecule has 1 atom stereocenters. The van der Waals surface area contributed by atoms with Gasteiger partial charge in [-0.1, -0.05) is 19.8 Å². The van der Waals surface area contributed by atoms with Crippen molar-refractivity contribution in [3.63, 3.8) is 0 Å². The van der Waals surface area contributed by atoms with Crippen LogP contribution in [0.15, 0.2) is 23.1 Å². The van der Waals surface area contributed by atoms with Crippen molar-refractivity contribution in [3.05, 3.63) is 18.2 Å². The molecule has 8 heteroatoms. The van der Waals surface area contributed by atoms with E-state index in [0.717, 1.165) is 51.6 Å². The average molecular weight is 423 g/mol. The number of amides is 1. The number of rotatable bonds is 3. The van der Waals surface area contributed by atoms with Gasteiger partial charge in [-0.15, -0.1) is 0 Å². The molecule has 160 valence electrons. The van der Waals surface area contributed by atoms with Gasteiger partial charge in [-0.3, -0.25) is 4.79 Å². The van der Waals surface area contributed by atoms with Crippen LogP contribution < -0.4 is 9.47 Å². The summed E-state index contributed by atoms with van der Waals surface area (Å²) in [7, 11) is -3.55. The van der Waals surface area contributed by atoms with Crippen LogP contribution in [0.2, 0.25) is 0 Å². The van der Waals surface area contributed by atoms with Crippen molar-refractivity contribution in [3.8, 4) is 11.5 Å². The van der Waals surface area contributed by atoms with Crippen LogP contribution in [0.25, 0.3) is 0 Å². The van der Waals surface area contributed by atoms with Crippen molar-refractivity contribution in [1.29, 1.82) is 0 Å². The van der Waals surface area contributed by atoms with Gasteiger partial charge in [-0.2, -0.15) is 4.31 Å². The maximum Gasteiger partial charge on any atom is 0.267 e. The Labute approximate surface area is 173 Å². The zero-order chi connectivity index (χ0) is 20.4. The predicted molar refractivity (Wildman–Crippen MR) is 109 cm³/mol. The van der Waals surface area contributed by atoms with E-state index in [4.69, 9.17) is 9.47 Å². The third kappa shape index (κ3) is 4.38. The summed E-state index contributed by atoms with van der Waals surface area (Å²) in [4.78, 5) is 14.9. The van der Waals surface area contributed by atoms with E-state index < -0.39 is 16.1 Å². The summed E-state index contributed by atoms with van der Waals surface area (Å²) >= 11 is 0. The van der Waals surface area contributed by atoms with Gasteiger partial charge in [0.15, 0.2) is 11.5 Å². The molecule has 0 aliphatic carbocycles. The lowest BCUT2D eigenvalue weighted by Crippen LogP contribution is -2.46. The molecule has 3 aliphatic rings. The van der Waals surface area contributed by atoms with Gasteiger partial charge in [0.2, 0.25) is 16.1 Å². The molecule has 29 heavy (non-hydrogen) atoms. The highest BCUT2D eigenvalue weighted by Gasteiger charge is 2.33. The molecule has 3 aliphatic heterocycles. The minimum Gasteiger partial charge on any atom is -0.485 e. The second kappa shape index (κ2) is 8.52. The van der Waals surface area contributed by atoms with Gasteiger partial charge in [-0.05, 0) is 43.7 Å². The fourth-order valence-electron chi connectivity index (χ4n) is 4.20. The van der Waals surface area contributed by atoms with E-state index in [2.05, 4.69) is 6.92 Å². The third-order valence-corrected chi connectivity index (χ3v) is 8.04. The maximum absolute atomic E-state index is 13.0. The fraction of sp³-hybridized carbons (Fsp3) is 0.667. The second-order valence-electron chi connectivity index (χ2n) is 8.35. The Morgan fingerprint density at radius 3 is 2.38 bits per heavy atom. The van der Waals surface area contributed by atoms with Crippen molar-refractivity contribution < 1.29 is 22.7 Å². The van der Waals surface area contributed by atoms with Crippen molar-refractivity contribution in [2.75, 3.05) is 32.8 Å². The molecule has 0 unspecified atom stereocenters. The summed E-state index contributed by atoms with van der Waals surface area (Å²) in [5, 5.41) is 0. The first-order valence-corrected chi connectivity index (χ1v) is 12.1. The summed E-state index contributed by atoms with van der Waals surface area (Å²) in [6, 6.07) is 4.68. The normalized spacial score (nSPS) is 24.2.